The molecular weight excluding hydrogens is 244 g/mol. The van der Waals surface area contributed by atoms with Crippen molar-refractivity contribution >= 4 is 11.8 Å². The van der Waals surface area contributed by atoms with Crippen LogP contribution >= 0.6 is 0 Å². The van der Waals surface area contributed by atoms with Gasteiger partial charge in [-0.15, -0.1) is 0 Å². The van der Waals surface area contributed by atoms with Crippen LogP contribution in [0.5, 0.6) is 0 Å². The smallest absolute Gasteiger partial charge is 0.242 e. The molecule has 19 heavy (non-hydrogen) atoms. The molecule has 1 aliphatic heterocycles. The normalized spacial score (nSPS) is 21.3. The van der Waals surface area contributed by atoms with Gasteiger partial charge in [0.25, 0.3) is 0 Å². The van der Waals surface area contributed by atoms with Gasteiger partial charge in [-0.1, -0.05) is 20.8 Å². The minimum Gasteiger partial charge on any atom is -0.393 e. The van der Waals surface area contributed by atoms with Gasteiger partial charge in [0.15, 0.2) is 0 Å². The molecule has 0 aliphatic carbocycles. The summed E-state index contributed by atoms with van der Waals surface area (Å²) < 4.78 is 0. The Bertz CT molecular complexity index is 334. The zero-order valence-corrected chi connectivity index (χ0v) is 12.4. The highest BCUT2D eigenvalue weighted by atomic mass is 16.3. The molecule has 0 bridgehead atoms. The molecule has 0 spiro atoms. The molecule has 0 saturated carbocycles. The summed E-state index contributed by atoms with van der Waals surface area (Å²) in [5.74, 6) is -0.173. The van der Waals surface area contributed by atoms with Crippen molar-refractivity contribution in [1.82, 2.24) is 10.2 Å². The van der Waals surface area contributed by atoms with Gasteiger partial charge in [0.2, 0.25) is 11.8 Å². The highest BCUT2D eigenvalue weighted by Gasteiger charge is 2.30. The van der Waals surface area contributed by atoms with Crippen molar-refractivity contribution in [2.75, 3.05) is 13.1 Å². The van der Waals surface area contributed by atoms with Gasteiger partial charge in [-0.2, -0.15) is 0 Å². The second-order valence-electron chi connectivity index (χ2n) is 6.40. The van der Waals surface area contributed by atoms with Gasteiger partial charge in [-0.25, -0.2) is 0 Å². The van der Waals surface area contributed by atoms with Crippen LogP contribution < -0.4 is 5.32 Å². The average Bonchev–Trinajstić information content (AvgIpc) is 2.71. The topological polar surface area (TPSA) is 69.6 Å². The van der Waals surface area contributed by atoms with E-state index < -0.39 is 11.5 Å². The van der Waals surface area contributed by atoms with Crippen molar-refractivity contribution in [3.05, 3.63) is 0 Å². The molecular formula is C14H26N2O3. The van der Waals surface area contributed by atoms with Crippen LogP contribution in [0.25, 0.3) is 0 Å². The Kier molecular flexibility index (Phi) is 5.35. The number of likely N-dealkylation sites (tertiary alicyclic amines) is 1. The lowest BCUT2D eigenvalue weighted by molar-refractivity contribution is -0.136. The first-order chi connectivity index (χ1) is 8.71. The van der Waals surface area contributed by atoms with E-state index in [-0.39, 0.29) is 24.4 Å². The minimum atomic E-state index is -0.482. The summed E-state index contributed by atoms with van der Waals surface area (Å²) in [6.45, 7) is 7.97. The van der Waals surface area contributed by atoms with E-state index in [0.717, 1.165) is 19.4 Å². The van der Waals surface area contributed by atoms with Crippen LogP contribution in [0.4, 0.5) is 0 Å². The molecule has 2 N–H and O–H groups in total. The molecule has 1 fully saturated rings. The number of carbonyl (C=O) groups excluding carboxylic acids is 2. The van der Waals surface area contributed by atoms with Crippen molar-refractivity contribution in [3.8, 4) is 0 Å². The summed E-state index contributed by atoms with van der Waals surface area (Å²) in [7, 11) is 0. The zero-order valence-electron chi connectivity index (χ0n) is 12.4. The molecule has 5 nitrogen and oxygen atoms in total. The van der Waals surface area contributed by atoms with Crippen molar-refractivity contribution in [2.45, 2.75) is 59.1 Å². The maximum absolute atomic E-state index is 12.1. The molecule has 1 saturated heterocycles. The molecule has 1 aliphatic rings. The Morgan fingerprint density at radius 2 is 2.05 bits per heavy atom. The van der Waals surface area contributed by atoms with Gasteiger partial charge < -0.3 is 15.3 Å². The summed E-state index contributed by atoms with van der Waals surface area (Å²) in [5.41, 5.74) is -0.482. The third-order valence-electron chi connectivity index (χ3n) is 3.39. The van der Waals surface area contributed by atoms with Crippen molar-refractivity contribution in [3.63, 3.8) is 0 Å². The number of rotatable bonds is 4. The number of hydrogen-bond acceptors (Lipinski definition) is 3. The highest BCUT2D eigenvalue weighted by Crippen LogP contribution is 2.21. The van der Waals surface area contributed by atoms with Gasteiger partial charge in [0.05, 0.1) is 12.6 Å². The summed E-state index contributed by atoms with van der Waals surface area (Å²) in [6.07, 6.45) is 2.11. The number of nitrogens with zero attached hydrogens (tertiary/aromatic N) is 1. The maximum atomic E-state index is 12.1. The van der Waals surface area contributed by atoms with E-state index in [4.69, 9.17) is 0 Å². The standard InChI is InChI=1S/C14H26N2O3/c1-10(17)8-11-6-5-7-16(11)12(18)9-15-13(19)14(2,3)4/h10-11,17H,5-9H2,1-4H3,(H,15,19). The first kappa shape index (κ1) is 16.0. The van der Waals surface area contributed by atoms with Gasteiger partial charge in [-0.3, -0.25) is 9.59 Å². The summed E-state index contributed by atoms with van der Waals surface area (Å²) in [6, 6.07) is 0.110. The van der Waals surface area contributed by atoms with Crippen LogP contribution in [-0.2, 0) is 9.59 Å². The Balaban J connectivity index is 2.47. The summed E-state index contributed by atoms with van der Waals surface area (Å²) in [4.78, 5) is 25.6. The number of hydrogen-bond donors (Lipinski definition) is 2. The van der Waals surface area contributed by atoms with Crippen LogP contribution in [-0.4, -0.2) is 47.1 Å². The fraction of sp³-hybridized carbons (Fsp3) is 0.857. The fourth-order valence-electron chi connectivity index (χ4n) is 2.33. The Labute approximate surface area is 115 Å². The lowest BCUT2D eigenvalue weighted by atomic mass is 9.96. The van der Waals surface area contributed by atoms with Crippen LogP contribution in [0.3, 0.4) is 0 Å². The van der Waals surface area contributed by atoms with Crippen LogP contribution in [0.2, 0.25) is 0 Å². The van der Waals surface area contributed by atoms with Gasteiger partial charge in [0.1, 0.15) is 0 Å². The van der Waals surface area contributed by atoms with E-state index in [9.17, 15) is 14.7 Å². The van der Waals surface area contributed by atoms with Gasteiger partial charge in [0, 0.05) is 18.0 Å². The lowest BCUT2D eigenvalue weighted by Gasteiger charge is -2.26. The Hall–Kier alpha value is -1.10. The molecule has 0 aromatic carbocycles. The lowest BCUT2D eigenvalue weighted by Crippen LogP contribution is -2.45. The molecule has 1 heterocycles. The summed E-state index contributed by atoms with van der Waals surface area (Å²) in [5, 5.41) is 12.1. The van der Waals surface area contributed by atoms with E-state index in [2.05, 4.69) is 5.32 Å². The summed E-state index contributed by atoms with van der Waals surface area (Å²) >= 11 is 0. The van der Waals surface area contributed by atoms with E-state index >= 15 is 0 Å². The third kappa shape index (κ3) is 4.82. The van der Waals surface area contributed by atoms with Crippen molar-refractivity contribution < 1.29 is 14.7 Å². The van der Waals surface area contributed by atoms with Crippen molar-refractivity contribution in [2.24, 2.45) is 5.41 Å². The number of aliphatic hydroxyl groups is 1. The van der Waals surface area contributed by atoms with Crippen LogP contribution in [0.15, 0.2) is 0 Å². The molecule has 2 amide bonds. The van der Waals surface area contributed by atoms with E-state index in [1.54, 1.807) is 11.8 Å². The second-order valence-corrected chi connectivity index (χ2v) is 6.40. The predicted molar refractivity (Wildman–Crippen MR) is 73.5 cm³/mol. The third-order valence-corrected chi connectivity index (χ3v) is 3.39. The molecule has 110 valence electrons. The van der Waals surface area contributed by atoms with Crippen LogP contribution in [0, 0.1) is 5.41 Å². The zero-order chi connectivity index (χ0) is 14.6. The maximum Gasteiger partial charge on any atom is 0.242 e. The minimum absolute atomic E-state index is 0.0480. The first-order valence-corrected chi connectivity index (χ1v) is 6.97. The molecule has 0 radical (unpaired) electrons. The van der Waals surface area contributed by atoms with E-state index in [0.29, 0.717) is 6.42 Å². The monoisotopic (exact) mass is 270 g/mol. The number of aliphatic hydroxyl groups excluding tert-OH is 1. The number of carbonyl (C=O) groups is 2. The van der Waals surface area contributed by atoms with E-state index in [1.165, 1.54) is 0 Å². The molecule has 1 rings (SSSR count). The Morgan fingerprint density at radius 3 is 2.58 bits per heavy atom. The predicted octanol–water partition coefficient (Wildman–Crippen LogP) is 0.911. The van der Waals surface area contributed by atoms with Crippen LogP contribution in [0.1, 0.15) is 47.0 Å². The molecule has 0 aromatic heterocycles. The molecule has 5 heteroatoms. The van der Waals surface area contributed by atoms with Gasteiger partial charge >= 0.3 is 0 Å². The SMILES string of the molecule is CC(O)CC1CCCN1C(=O)CNC(=O)C(C)(C)C. The average molecular weight is 270 g/mol. The quantitative estimate of drug-likeness (QED) is 0.798. The first-order valence-electron chi connectivity index (χ1n) is 6.97. The molecule has 0 aromatic rings. The number of amides is 2. The number of nitrogens with one attached hydrogen (secondary N) is 1. The van der Waals surface area contributed by atoms with E-state index in [1.807, 2.05) is 20.8 Å². The second kappa shape index (κ2) is 6.37. The largest absolute Gasteiger partial charge is 0.393 e. The fourth-order valence-corrected chi connectivity index (χ4v) is 2.33. The Morgan fingerprint density at radius 1 is 1.42 bits per heavy atom. The highest BCUT2D eigenvalue weighted by molar-refractivity contribution is 5.87. The van der Waals surface area contributed by atoms with Crippen molar-refractivity contribution in [1.29, 1.82) is 0 Å². The molecule has 2 atom stereocenters. The van der Waals surface area contributed by atoms with Gasteiger partial charge in [-0.05, 0) is 26.2 Å². The molecule has 2 unspecified atom stereocenters.